The normalized spacial score (nSPS) is 13.1. The van der Waals surface area contributed by atoms with Crippen LogP contribution in [0.15, 0.2) is 42.5 Å². The van der Waals surface area contributed by atoms with Crippen LogP contribution in [0.1, 0.15) is 28.8 Å². The molecule has 0 bridgehead atoms. The molecule has 8 heteroatoms. The Morgan fingerprint density at radius 1 is 1.17 bits per heavy atom. The van der Waals surface area contributed by atoms with Crippen LogP contribution in [0.3, 0.4) is 0 Å². The summed E-state index contributed by atoms with van der Waals surface area (Å²) in [6, 6.07) is 11.4. The molecule has 29 heavy (non-hydrogen) atoms. The lowest BCUT2D eigenvalue weighted by Crippen LogP contribution is -2.31. The smallest absolute Gasteiger partial charge is 0.387 e. The van der Waals surface area contributed by atoms with Crippen molar-refractivity contribution in [2.75, 3.05) is 19.1 Å². The number of halogens is 2. The molecule has 0 atom stereocenters. The maximum atomic E-state index is 12.7. The molecule has 0 radical (unpaired) electrons. The zero-order valence-corrected chi connectivity index (χ0v) is 16.2. The van der Waals surface area contributed by atoms with Crippen LogP contribution in [0.25, 0.3) is 0 Å². The van der Waals surface area contributed by atoms with E-state index >= 15 is 0 Å². The number of benzene rings is 2. The third kappa shape index (κ3) is 5.01. The number of carbonyl (C=O) groups excluding carboxylic acids is 2. The molecule has 2 aromatic rings. The van der Waals surface area contributed by atoms with Gasteiger partial charge in [-0.05, 0) is 42.7 Å². The Morgan fingerprint density at radius 3 is 2.55 bits per heavy atom. The van der Waals surface area contributed by atoms with Gasteiger partial charge in [-0.15, -0.1) is 0 Å². The molecule has 2 amide bonds. The van der Waals surface area contributed by atoms with Crippen LogP contribution in [0.2, 0.25) is 0 Å². The van der Waals surface area contributed by atoms with Crippen LogP contribution >= 0.6 is 0 Å². The number of para-hydroxylation sites is 1. The highest BCUT2D eigenvalue weighted by Crippen LogP contribution is 2.33. The number of carbonyl (C=O) groups is 2. The number of hydrogen-bond acceptors (Lipinski definition) is 4. The van der Waals surface area contributed by atoms with E-state index in [1.165, 1.54) is 24.1 Å². The molecule has 1 aliphatic carbocycles. The van der Waals surface area contributed by atoms with Gasteiger partial charge in [0.15, 0.2) is 11.5 Å². The van der Waals surface area contributed by atoms with Crippen LogP contribution < -0.4 is 19.7 Å². The molecular formula is C21H22F2N2O4. The fourth-order valence-electron chi connectivity index (χ4n) is 2.98. The molecule has 1 fully saturated rings. The van der Waals surface area contributed by atoms with Crippen molar-refractivity contribution in [1.82, 2.24) is 5.32 Å². The highest BCUT2D eigenvalue weighted by Gasteiger charge is 2.33. The number of anilines is 1. The molecule has 0 aromatic heterocycles. The molecule has 0 saturated heterocycles. The van der Waals surface area contributed by atoms with E-state index in [-0.39, 0.29) is 35.8 Å². The van der Waals surface area contributed by atoms with Crippen LogP contribution in [-0.2, 0) is 11.3 Å². The van der Waals surface area contributed by atoms with Crippen LogP contribution in [-0.4, -0.2) is 32.6 Å². The lowest BCUT2D eigenvalue weighted by atomic mass is 10.1. The molecule has 2 aromatic carbocycles. The summed E-state index contributed by atoms with van der Waals surface area (Å²) in [5.74, 6) is -0.281. The highest BCUT2D eigenvalue weighted by molar-refractivity contribution is 6.05. The summed E-state index contributed by atoms with van der Waals surface area (Å²) in [7, 11) is 3.01. The van der Waals surface area contributed by atoms with Crippen LogP contribution in [0.5, 0.6) is 11.5 Å². The van der Waals surface area contributed by atoms with Gasteiger partial charge >= 0.3 is 6.61 Å². The predicted molar refractivity (Wildman–Crippen MR) is 103 cm³/mol. The van der Waals surface area contributed by atoms with Gasteiger partial charge in [0.2, 0.25) is 5.91 Å². The SMILES string of the molecule is COc1ccc(CNC(=O)c2ccccc2N(C)C(=O)C2CC2)cc1OC(F)F. The Bertz CT molecular complexity index is 900. The lowest BCUT2D eigenvalue weighted by Gasteiger charge is -2.20. The van der Waals surface area contributed by atoms with Crippen molar-refractivity contribution in [3.05, 3.63) is 53.6 Å². The van der Waals surface area contributed by atoms with Crippen molar-refractivity contribution in [2.24, 2.45) is 5.92 Å². The molecule has 0 unspecified atom stereocenters. The van der Waals surface area contributed by atoms with Crippen molar-refractivity contribution in [2.45, 2.75) is 26.0 Å². The maximum Gasteiger partial charge on any atom is 0.387 e. The van der Waals surface area contributed by atoms with E-state index in [0.29, 0.717) is 16.8 Å². The van der Waals surface area contributed by atoms with Gasteiger partial charge in [-0.3, -0.25) is 9.59 Å². The summed E-state index contributed by atoms with van der Waals surface area (Å²) in [6.07, 6.45) is 1.75. The van der Waals surface area contributed by atoms with Gasteiger partial charge in [0, 0.05) is 19.5 Å². The summed E-state index contributed by atoms with van der Waals surface area (Å²) >= 11 is 0. The highest BCUT2D eigenvalue weighted by atomic mass is 19.3. The third-order valence-electron chi connectivity index (χ3n) is 4.66. The largest absolute Gasteiger partial charge is 0.493 e. The van der Waals surface area contributed by atoms with E-state index in [9.17, 15) is 18.4 Å². The molecule has 0 heterocycles. The monoisotopic (exact) mass is 404 g/mol. The Balaban J connectivity index is 1.72. The Morgan fingerprint density at radius 2 is 1.90 bits per heavy atom. The molecule has 154 valence electrons. The van der Waals surface area contributed by atoms with Gasteiger partial charge in [-0.1, -0.05) is 18.2 Å². The minimum Gasteiger partial charge on any atom is -0.493 e. The van der Waals surface area contributed by atoms with Gasteiger partial charge in [0.05, 0.1) is 18.4 Å². The topological polar surface area (TPSA) is 67.9 Å². The zero-order chi connectivity index (χ0) is 21.0. The number of amides is 2. The van der Waals surface area contributed by atoms with E-state index in [2.05, 4.69) is 10.1 Å². The first-order valence-corrected chi connectivity index (χ1v) is 9.17. The lowest BCUT2D eigenvalue weighted by molar-refractivity contribution is -0.119. The summed E-state index contributed by atoms with van der Waals surface area (Å²) in [6.45, 7) is -2.89. The van der Waals surface area contributed by atoms with Gasteiger partial charge in [-0.2, -0.15) is 8.78 Å². The standard InChI is InChI=1S/C21H22F2N2O4/c1-25(20(27)14-8-9-14)16-6-4-3-5-15(16)19(26)24-12-13-7-10-17(28-2)18(11-13)29-21(22)23/h3-7,10-11,14,21H,8-9,12H2,1-2H3,(H,24,26). The minimum absolute atomic E-state index is 0.00538. The molecule has 0 aliphatic heterocycles. The fourth-order valence-corrected chi connectivity index (χ4v) is 2.98. The predicted octanol–water partition coefficient (Wildman–Crippen LogP) is 3.60. The summed E-state index contributed by atoms with van der Waals surface area (Å²) in [5.41, 5.74) is 1.45. The van der Waals surface area contributed by atoms with Gasteiger partial charge < -0.3 is 19.7 Å². The van der Waals surface area contributed by atoms with Crippen molar-refractivity contribution < 1.29 is 27.8 Å². The van der Waals surface area contributed by atoms with Crippen molar-refractivity contribution in [3.63, 3.8) is 0 Å². The van der Waals surface area contributed by atoms with Crippen molar-refractivity contribution >= 4 is 17.5 Å². The van der Waals surface area contributed by atoms with E-state index < -0.39 is 6.61 Å². The molecular weight excluding hydrogens is 382 g/mol. The molecule has 3 rings (SSSR count). The Labute approximate surface area is 167 Å². The van der Waals surface area contributed by atoms with E-state index in [0.717, 1.165) is 12.8 Å². The van der Waals surface area contributed by atoms with Gasteiger partial charge in [-0.25, -0.2) is 0 Å². The fraction of sp³-hybridized carbons (Fsp3) is 0.333. The second-order valence-corrected chi connectivity index (χ2v) is 6.74. The first-order chi connectivity index (χ1) is 13.9. The average molecular weight is 404 g/mol. The molecule has 1 aliphatic rings. The number of nitrogens with zero attached hydrogens (tertiary/aromatic N) is 1. The van der Waals surface area contributed by atoms with Crippen molar-refractivity contribution in [3.8, 4) is 11.5 Å². The zero-order valence-electron chi connectivity index (χ0n) is 16.2. The second-order valence-electron chi connectivity index (χ2n) is 6.74. The first kappa shape index (κ1) is 20.6. The van der Waals surface area contributed by atoms with E-state index in [1.54, 1.807) is 37.4 Å². The third-order valence-corrected chi connectivity index (χ3v) is 4.66. The van der Waals surface area contributed by atoms with Gasteiger partial charge in [0.25, 0.3) is 5.91 Å². The number of nitrogens with one attached hydrogen (secondary N) is 1. The van der Waals surface area contributed by atoms with Crippen LogP contribution in [0.4, 0.5) is 14.5 Å². The van der Waals surface area contributed by atoms with Crippen molar-refractivity contribution in [1.29, 1.82) is 0 Å². The molecule has 1 N–H and O–H groups in total. The molecule has 1 saturated carbocycles. The molecule has 6 nitrogen and oxygen atoms in total. The van der Waals surface area contributed by atoms with Gasteiger partial charge in [0.1, 0.15) is 0 Å². The van der Waals surface area contributed by atoms with E-state index in [1.807, 2.05) is 0 Å². The summed E-state index contributed by atoms with van der Waals surface area (Å²) in [5, 5.41) is 2.75. The summed E-state index contributed by atoms with van der Waals surface area (Å²) < 4.78 is 34.6. The average Bonchev–Trinajstić information content (AvgIpc) is 3.56. The number of ether oxygens (including phenoxy) is 2. The number of hydrogen-bond donors (Lipinski definition) is 1. The number of rotatable bonds is 8. The number of methoxy groups -OCH3 is 1. The summed E-state index contributed by atoms with van der Waals surface area (Å²) in [4.78, 5) is 26.6. The Hall–Kier alpha value is -3.16. The first-order valence-electron chi connectivity index (χ1n) is 9.17. The molecule has 0 spiro atoms. The van der Waals surface area contributed by atoms with Crippen LogP contribution in [0, 0.1) is 5.92 Å². The quantitative estimate of drug-likeness (QED) is 0.730. The minimum atomic E-state index is -2.99. The second kappa shape index (κ2) is 8.89. The maximum absolute atomic E-state index is 12.7. The van der Waals surface area contributed by atoms with E-state index in [4.69, 9.17) is 4.74 Å². The Kier molecular flexibility index (Phi) is 6.31. The number of alkyl halides is 2.